The molecule has 340 valence electrons. The molecule has 4 heteroatoms. The number of nitrogens with zero attached hydrogens (tertiary/aromatic N) is 2. The third kappa shape index (κ3) is 5.98. The number of hydrogen-bond donors (Lipinski definition) is 0. The number of hydrogen-bond acceptors (Lipinski definition) is 4. The van der Waals surface area contributed by atoms with Crippen molar-refractivity contribution in [1.29, 1.82) is 0 Å². The number of furan rings is 2. The first-order valence-electron chi connectivity index (χ1n) is 25.0. The van der Waals surface area contributed by atoms with Crippen LogP contribution in [0.5, 0.6) is 0 Å². The summed E-state index contributed by atoms with van der Waals surface area (Å²) >= 11 is 0. The molecule has 14 rings (SSSR count). The molecule has 0 atom stereocenters. The first-order chi connectivity index (χ1) is 34.9. The van der Waals surface area contributed by atoms with Gasteiger partial charge in [-0.05, 0) is 128 Å². The first kappa shape index (κ1) is 41.4. The van der Waals surface area contributed by atoms with E-state index < -0.39 is 0 Å². The average Bonchev–Trinajstić information content (AvgIpc) is 4.08. The van der Waals surface area contributed by atoms with Gasteiger partial charge >= 0.3 is 0 Å². The maximum atomic E-state index is 7.01. The Hall–Kier alpha value is -8.60. The summed E-state index contributed by atoms with van der Waals surface area (Å²) in [5.74, 6) is 0. The van der Waals surface area contributed by atoms with Gasteiger partial charge in [-0.25, -0.2) is 0 Å². The molecule has 0 saturated carbocycles. The minimum Gasteiger partial charge on any atom is -0.454 e. The van der Waals surface area contributed by atoms with Crippen LogP contribution in [0.1, 0.15) is 49.9 Å². The van der Waals surface area contributed by atoms with E-state index in [0.29, 0.717) is 0 Å². The topological polar surface area (TPSA) is 32.8 Å². The van der Waals surface area contributed by atoms with Gasteiger partial charge in [0.05, 0.1) is 17.1 Å². The Morgan fingerprint density at radius 3 is 1.39 bits per heavy atom. The summed E-state index contributed by atoms with van der Waals surface area (Å²) in [4.78, 5) is 4.81. The Kier molecular flexibility index (Phi) is 9.16. The molecule has 2 aromatic heterocycles. The van der Waals surface area contributed by atoms with Crippen LogP contribution in [0.25, 0.3) is 87.3 Å². The van der Waals surface area contributed by atoms with Gasteiger partial charge in [-0.1, -0.05) is 179 Å². The van der Waals surface area contributed by atoms with Gasteiger partial charge in [-0.3, -0.25) is 0 Å². The second kappa shape index (κ2) is 15.7. The smallest absolute Gasteiger partial charge is 0.159 e. The van der Waals surface area contributed by atoms with Crippen molar-refractivity contribution < 1.29 is 8.83 Å². The van der Waals surface area contributed by atoms with Crippen molar-refractivity contribution in [1.82, 2.24) is 0 Å². The molecule has 13 aromatic rings. The monoisotopic (exact) mass is 914 g/mol. The lowest BCUT2D eigenvalue weighted by atomic mass is 9.77. The molecule has 0 saturated heterocycles. The summed E-state index contributed by atoms with van der Waals surface area (Å²) in [6.45, 7) is 9.27. The van der Waals surface area contributed by atoms with E-state index >= 15 is 0 Å². The molecule has 0 spiro atoms. The Bertz CT molecular complexity index is 4290. The summed E-state index contributed by atoms with van der Waals surface area (Å²) in [7, 11) is 0. The van der Waals surface area contributed by atoms with Gasteiger partial charge in [-0.15, -0.1) is 0 Å². The highest BCUT2D eigenvalue weighted by Gasteiger charge is 2.41. The quantitative estimate of drug-likeness (QED) is 0.142. The van der Waals surface area contributed by atoms with E-state index in [1.165, 1.54) is 65.7 Å². The first-order valence-corrected chi connectivity index (χ1v) is 25.0. The van der Waals surface area contributed by atoms with Gasteiger partial charge in [0.1, 0.15) is 11.2 Å². The SMILES string of the molecule is CCc1cccc2c1oc1c(N(c3ccccc3)c3ccc4c5c(c6ccccc6c4c3)-c3cc(N(c4ccccc4)c4cccc6c4oc4c(CC)cccc46)c4ccccc4c3C5(C)C)cccc12. The van der Waals surface area contributed by atoms with Gasteiger partial charge in [-0.2, -0.15) is 0 Å². The Morgan fingerprint density at radius 1 is 0.338 bits per heavy atom. The fourth-order valence-electron chi connectivity index (χ4n) is 12.4. The van der Waals surface area contributed by atoms with E-state index in [4.69, 9.17) is 8.83 Å². The van der Waals surface area contributed by atoms with Crippen LogP contribution in [-0.2, 0) is 18.3 Å². The zero-order valence-corrected chi connectivity index (χ0v) is 40.3. The van der Waals surface area contributed by atoms with Crippen molar-refractivity contribution in [2.75, 3.05) is 9.80 Å². The summed E-state index contributed by atoms with van der Waals surface area (Å²) < 4.78 is 13.9. The van der Waals surface area contributed by atoms with E-state index in [1.54, 1.807) is 0 Å². The van der Waals surface area contributed by atoms with E-state index in [9.17, 15) is 0 Å². The van der Waals surface area contributed by atoms with Crippen LogP contribution >= 0.6 is 0 Å². The maximum Gasteiger partial charge on any atom is 0.159 e. The number of para-hydroxylation sites is 6. The number of rotatable bonds is 8. The van der Waals surface area contributed by atoms with Crippen molar-refractivity contribution in [2.45, 2.75) is 46.0 Å². The van der Waals surface area contributed by atoms with Gasteiger partial charge in [0.25, 0.3) is 0 Å². The van der Waals surface area contributed by atoms with Crippen LogP contribution in [0.3, 0.4) is 0 Å². The lowest BCUT2D eigenvalue weighted by Gasteiger charge is -2.30. The summed E-state index contributed by atoms with van der Waals surface area (Å²) in [6.07, 6.45) is 1.80. The van der Waals surface area contributed by atoms with Crippen LogP contribution in [-0.4, -0.2) is 0 Å². The number of aryl methyl sites for hydroxylation is 2. The molecule has 11 aromatic carbocycles. The van der Waals surface area contributed by atoms with Crippen molar-refractivity contribution in [2.24, 2.45) is 0 Å². The van der Waals surface area contributed by atoms with Crippen LogP contribution in [0.2, 0.25) is 0 Å². The van der Waals surface area contributed by atoms with Crippen molar-refractivity contribution in [3.8, 4) is 11.1 Å². The fourth-order valence-corrected chi connectivity index (χ4v) is 12.4. The number of fused-ring (bicyclic) bond motifs is 16. The van der Waals surface area contributed by atoms with E-state index in [0.717, 1.165) is 90.8 Å². The second-order valence-electron chi connectivity index (χ2n) is 19.7. The minimum absolute atomic E-state index is 0.352. The molecule has 0 fully saturated rings. The van der Waals surface area contributed by atoms with Gasteiger partial charge in [0.15, 0.2) is 11.2 Å². The normalized spacial score (nSPS) is 13.0. The summed E-state index contributed by atoms with van der Waals surface area (Å²) in [5, 5.41) is 11.9. The Morgan fingerprint density at radius 2 is 0.803 bits per heavy atom. The van der Waals surface area contributed by atoms with E-state index in [1.807, 2.05) is 0 Å². The molecule has 2 heterocycles. The lowest BCUT2D eigenvalue weighted by molar-refractivity contribution is 0.663. The zero-order chi connectivity index (χ0) is 47.5. The molecule has 71 heavy (non-hydrogen) atoms. The Labute approximate surface area is 412 Å². The van der Waals surface area contributed by atoms with Crippen molar-refractivity contribution in [3.05, 3.63) is 229 Å². The molecular formula is C67H50N2O2. The Balaban J connectivity index is 1.03. The molecule has 4 nitrogen and oxygen atoms in total. The number of anilines is 6. The van der Waals surface area contributed by atoms with Gasteiger partial charge < -0.3 is 18.6 Å². The summed E-state index contributed by atoms with van der Waals surface area (Å²) in [5.41, 5.74) is 17.4. The molecule has 0 bridgehead atoms. The molecule has 0 N–H and O–H groups in total. The molecule has 0 radical (unpaired) electrons. The highest BCUT2D eigenvalue weighted by molar-refractivity contribution is 6.22. The average molecular weight is 915 g/mol. The molecule has 0 unspecified atom stereocenters. The van der Waals surface area contributed by atoms with Crippen LogP contribution in [0.4, 0.5) is 34.1 Å². The lowest BCUT2D eigenvalue weighted by Crippen LogP contribution is -2.17. The predicted octanol–water partition coefficient (Wildman–Crippen LogP) is 19.3. The third-order valence-electron chi connectivity index (χ3n) is 15.5. The van der Waals surface area contributed by atoms with Crippen molar-refractivity contribution >= 4 is 110 Å². The second-order valence-corrected chi connectivity index (χ2v) is 19.7. The van der Waals surface area contributed by atoms with E-state index in [-0.39, 0.29) is 5.41 Å². The predicted molar refractivity (Wildman–Crippen MR) is 299 cm³/mol. The zero-order valence-electron chi connectivity index (χ0n) is 40.3. The minimum atomic E-state index is -0.352. The van der Waals surface area contributed by atoms with Gasteiger partial charge in [0.2, 0.25) is 0 Å². The fraction of sp³-hybridized carbons (Fsp3) is 0.104. The molecule has 1 aliphatic rings. The van der Waals surface area contributed by atoms with Crippen LogP contribution in [0, 0.1) is 0 Å². The highest BCUT2D eigenvalue weighted by Crippen LogP contribution is 2.59. The van der Waals surface area contributed by atoms with Crippen LogP contribution in [0.15, 0.2) is 215 Å². The molecular weight excluding hydrogens is 865 g/mol. The van der Waals surface area contributed by atoms with E-state index in [2.05, 4.69) is 244 Å². The summed E-state index contributed by atoms with van der Waals surface area (Å²) in [6, 6.07) is 75.5. The standard InChI is InChI=1S/C67H50N2O2/c1-5-41-21-17-31-51-53-33-19-35-57(65(53)70-63(41)51)68(43-23-9-7-10-24-43)45-37-38-50-55(39-45)46-27-13-15-29-48(46)60-56-40-59(47-28-14-16-30-49(47)61(56)67(3,4)62(50)60)69(44-25-11-8-12-26-44)58-36-20-34-54-52-32-18-22-42(6-2)64(52)71-66(54)58/h7-40H,5-6H2,1-4H3. The molecule has 0 aliphatic heterocycles. The third-order valence-corrected chi connectivity index (χ3v) is 15.5. The van der Waals surface area contributed by atoms with Gasteiger partial charge in [0, 0.05) is 49.4 Å². The maximum absolute atomic E-state index is 7.01. The largest absolute Gasteiger partial charge is 0.454 e. The van der Waals surface area contributed by atoms with Crippen molar-refractivity contribution in [3.63, 3.8) is 0 Å². The molecule has 0 amide bonds. The molecule has 1 aliphatic carbocycles. The van der Waals surface area contributed by atoms with Crippen LogP contribution < -0.4 is 9.80 Å². The highest BCUT2D eigenvalue weighted by atomic mass is 16.3. The number of benzene rings is 11.